The van der Waals surface area contributed by atoms with Crippen LogP contribution in [0.25, 0.3) is 0 Å². The van der Waals surface area contributed by atoms with Crippen molar-refractivity contribution < 1.29 is 5.48 Å². The van der Waals surface area contributed by atoms with E-state index in [9.17, 15) is 0 Å². The summed E-state index contributed by atoms with van der Waals surface area (Å²) < 4.78 is 33.1. The van der Waals surface area contributed by atoms with Crippen LogP contribution >= 0.6 is 11.6 Å². The zero-order valence-corrected chi connectivity index (χ0v) is 9.33. The van der Waals surface area contributed by atoms with Crippen molar-refractivity contribution in [2.45, 2.75) is 18.8 Å². The fraction of sp³-hybridized carbons (Fsp3) is 0.636. The quantitative estimate of drug-likeness (QED) is 0.826. The van der Waals surface area contributed by atoms with Gasteiger partial charge in [-0.3, -0.25) is 0 Å². The third kappa shape index (κ3) is 1.99. The molecule has 2 fully saturated rings. The molecule has 1 aromatic heterocycles. The molecule has 4 nitrogen and oxygen atoms in total. The number of anilines is 1. The molecule has 1 aromatic rings. The van der Waals surface area contributed by atoms with Crippen LogP contribution in [-0.2, 0) is 0 Å². The minimum absolute atomic E-state index is 0.245. The summed E-state index contributed by atoms with van der Waals surface area (Å²) in [5.74, 6) is -0.342. The number of aromatic nitrogens is 2. The average Bonchev–Trinajstić information content (AvgIpc) is 2.92. The van der Waals surface area contributed by atoms with Gasteiger partial charge < -0.3 is 10.6 Å². The van der Waals surface area contributed by atoms with E-state index >= 15 is 0 Å². The molecule has 0 spiro atoms. The minimum atomic E-state index is -1.65. The van der Waals surface area contributed by atoms with Gasteiger partial charge in [0.1, 0.15) is 5.82 Å². The molecule has 0 aromatic carbocycles. The molecular weight excluding hydrogens is 224 g/mol. The van der Waals surface area contributed by atoms with Crippen molar-refractivity contribution in [2.24, 2.45) is 11.8 Å². The molecule has 1 aliphatic carbocycles. The van der Waals surface area contributed by atoms with E-state index in [0.29, 0.717) is 18.9 Å². The molecule has 3 atom stereocenters. The van der Waals surface area contributed by atoms with Gasteiger partial charge in [-0.25, -0.2) is 0 Å². The van der Waals surface area contributed by atoms with Crippen molar-refractivity contribution in [3.63, 3.8) is 0 Å². The molecular formula is C11H15ClN4. The second-order valence-corrected chi connectivity index (χ2v) is 4.41. The molecule has 86 valence electrons. The Morgan fingerprint density at radius 2 is 2.06 bits per heavy atom. The van der Waals surface area contributed by atoms with E-state index in [1.54, 1.807) is 12.1 Å². The first-order chi connectivity index (χ1) is 9.33. The number of nitrogens with zero attached hydrogens (tertiary/aromatic N) is 2. The largest absolute Gasteiger partial charge is 0.366 e. The van der Waals surface area contributed by atoms with E-state index in [-0.39, 0.29) is 17.0 Å². The average molecular weight is 243 g/mol. The second-order valence-electron chi connectivity index (χ2n) is 4.02. The van der Waals surface area contributed by atoms with Gasteiger partial charge in [-0.05, 0) is 49.8 Å². The minimum Gasteiger partial charge on any atom is -0.366 e. The Morgan fingerprint density at radius 1 is 1.31 bits per heavy atom. The van der Waals surface area contributed by atoms with E-state index in [1.165, 1.54) is 0 Å². The molecule has 3 rings (SSSR count). The van der Waals surface area contributed by atoms with Crippen molar-refractivity contribution >= 4 is 17.4 Å². The molecule has 1 aliphatic heterocycles. The Hall–Kier alpha value is -0.870. The van der Waals surface area contributed by atoms with Gasteiger partial charge in [0.05, 0.1) is 0 Å². The van der Waals surface area contributed by atoms with E-state index in [4.69, 9.17) is 17.1 Å². The van der Waals surface area contributed by atoms with Crippen LogP contribution in [0.5, 0.6) is 0 Å². The first-order valence-corrected chi connectivity index (χ1v) is 5.68. The van der Waals surface area contributed by atoms with Crippen LogP contribution < -0.4 is 10.6 Å². The predicted octanol–water partition coefficient (Wildman–Crippen LogP) is 1.54. The summed E-state index contributed by atoms with van der Waals surface area (Å²) in [5.41, 5.74) is 0. The van der Waals surface area contributed by atoms with Gasteiger partial charge in [-0.15, -0.1) is 10.2 Å². The zero-order valence-electron chi connectivity index (χ0n) is 12.6. The maximum Gasteiger partial charge on any atom is 0.151 e. The number of rotatable bonds is 2. The molecule has 16 heavy (non-hydrogen) atoms. The number of fused-ring (bicyclic) bond motifs is 1. The van der Waals surface area contributed by atoms with E-state index in [1.807, 2.05) is 0 Å². The monoisotopic (exact) mass is 242 g/mol. The van der Waals surface area contributed by atoms with Crippen LogP contribution in [0.2, 0.25) is 5.15 Å². The summed E-state index contributed by atoms with van der Waals surface area (Å²) >= 11 is 5.66. The van der Waals surface area contributed by atoms with E-state index in [2.05, 4.69) is 20.8 Å². The van der Waals surface area contributed by atoms with Gasteiger partial charge in [0.2, 0.25) is 0 Å². The first kappa shape index (κ1) is 6.77. The molecule has 2 heterocycles. The molecule has 5 heteroatoms. The number of hydrogen-bond donors (Lipinski definition) is 2. The Labute approximate surface area is 105 Å². The smallest absolute Gasteiger partial charge is 0.151 e. The van der Waals surface area contributed by atoms with Gasteiger partial charge in [0.15, 0.2) is 5.15 Å². The van der Waals surface area contributed by atoms with E-state index < -0.39 is 18.8 Å². The normalized spacial score (nSPS) is 42.7. The summed E-state index contributed by atoms with van der Waals surface area (Å²) in [4.78, 5) is 0. The topological polar surface area (TPSA) is 49.8 Å². The van der Waals surface area contributed by atoms with Crippen molar-refractivity contribution in [3.8, 4) is 0 Å². The third-order valence-electron chi connectivity index (χ3n) is 2.90. The lowest BCUT2D eigenvalue weighted by Crippen LogP contribution is -2.21. The molecule has 2 N–H and O–H groups in total. The highest BCUT2D eigenvalue weighted by Gasteiger charge is 2.37. The maximum absolute atomic E-state index is 8.27. The lowest BCUT2D eigenvalue weighted by atomic mass is 10.0. The maximum atomic E-state index is 8.27. The third-order valence-corrected chi connectivity index (χ3v) is 3.10. The molecule has 1 saturated carbocycles. The highest BCUT2D eigenvalue weighted by molar-refractivity contribution is 6.29. The van der Waals surface area contributed by atoms with Crippen LogP contribution in [0.15, 0.2) is 12.1 Å². The number of nitrogens with one attached hydrogen (secondary N) is 2. The second kappa shape index (κ2) is 4.18. The lowest BCUT2D eigenvalue weighted by Gasteiger charge is -2.13. The summed E-state index contributed by atoms with van der Waals surface area (Å²) in [6, 6.07) is 2.16. The molecule has 0 bridgehead atoms. The van der Waals surface area contributed by atoms with Crippen LogP contribution in [0.3, 0.4) is 0 Å². The summed E-state index contributed by atoms with van der Waals surface area (Å²) in [6.45, 7) is 1.00. The van der Waals surface area contributed by atoms with Crippen LogP contribution in [-0.4, -0.2) is 29.3 Å². The van der Waals surface area contributed by atoms with Crippen LogP contribution in [0.4, 0.5) is 5.82 Å². The van der Waals surface area contributed by atoms with Crippen molar-refractivity contribution in [2.75, 3.05) is 18.4 Å². The molecule has 0 amide bonds. The fourth-order valence-corrected chi connectivity index (χ4v) is 2.23. The van der Waals surface area contributed by atoms with Gasteiger partial charge in [0.25, 0.3) is 0 Å². The zero-order chi connectivity index (χ0) is 14.5. The Morgan fingerprint density at radius 3 is 2.69 bits per heavy atom. The van der Waals surface area contributed by atoms with Crippen LogP contribution in [0.1, 0.15) is 18.2 Å². The highest BCUT2D eigenvalue weighted by atomic mass is 35.5. The standard InChI is InChI=1S/C11H15ClN4/c12-10-1-2-11(16-15-10)14-9-3-7-5-13-6-8(7)4-9/h1-2,7-9,13H,3-6H2,(H,14,16)/t7-,8+,9?/i3D2,4D2. The number of halogens is 1. The van der Waals surface area contributed by atoms with Crippen LogP contribution in [0, 0.1) is 11.8 Å². The molecule has 1 unspecified atom stereocenters. The van der Waals surface area contributed by atoms with Crippen molar-refractivity contribution in [1.82, 2.24) is 15.5 Å². The van der Waals surface area contributed by atoms with Gasteiger partial charge in [-0.1, -0.05) is 11.6 Å². The van der Waals surface area contributed by atoms with Gasteiger partial charge in [-0.2, -0.15) is 0 Å². The molecule has 2 aliphatic rings. The Bertz CT molecular complexity index is 488. The predicted molar refractivity (Wildman–Crippen MR) is 63.5 cm³/mol. The van der Waals surface area contributed by atoms with Crippen molar-refractivity contribution in [3.05, 3.63) is 17.3 Å². The fourth-order valence-electron chi connectivity index (χ4n) is 2.13. The highest BCUT2D eigenvalue weighted by Crippen LogP contribution is 2.35. The summed E-state index contributed by atoms with van der Waals surface area (Å²) in [7, 11) is 0. The Balaban J connectivity index is 1.89. The Kier molecular flexibility index (Phi) is 1.77. The summed E-state index contributed by atoms with van der Waals surface area (Å²) in [6.07, 6.45) is -3.31. The van der Waals surface area contributed by atoms with E-state index in [0.717, 1.165) is 0 Å². The summed E-state index contributed by atoms with van der Waals surface area (Å²) in [5, 5.41) is 13.7. The van der Waals surface area contributed by atoms with Gasteiger partial charge in [0, 0.05) is 11.5 Å². The molecule has 1 saturated heterocycles. The number of hydrogen-bond acceptors (Lipinski definition) is 4. The van der Waals surface area contributed by atoms with Crippen molar-refractivity contribution in [1.29, 1.82) is 0 Å². The first-order valence-electron chi connectivity index (χ1n) is 7.30. The lowest BCUT2D eigenvalue weighted by molar-refractivity contribution is 0.494. The SMILES string of the molecule is [2H]C1([2H])C(Nc2ccc(Cl)nn2)C([2H])([2H])[C@H]2CNC[C@H]21. The molecule has 0 radical (unpaired) electrons. The van der Waals surface area contributed by atoms with Gasteiger partial charge >= 0.3 is 0 Å².